The summed E-state index contributed by atoms with van der Waals surface area (Å²) in [6.07, 6.45) is 8.39. The molecule has 0 fully saturated rings. The first kappa shape index (κ1) is 12.5. The number of nitrogens with one attached hydrogen (secondary N) is 1. The van der Waals surface area contributed by atoms with Gasteiger partial charge in [0.2, 0.25) is 0 Å². The van der Waals surface area contributed by atoms with Crippen LogP contribution >= 0.6 is 0 Å². The van der Waals surface area contributed by atoms with E-state index in [1.165, 1.54) is 0 Å². The zero-order valence-corrected chi connectivity index (χ0v) is 10.2. The Morgan fingerprint density at radius 3 is 2.75 bits per heavy atom. The Morgan fingerprint density at radius 2 is 2.19 bits per heavy atom. The fourth-order valence-corrected chi connectivity index (χ4v) is 1.55. The quantitative estimate of drug-likeness (QED) is 0.770. The summed E-state index contributed by atoms with van der Waals surface area (Å²) in [6, 6.07) is 2.02. The van der Waals surface area contributed by atoms with Crippen LogP contribution in [0.2, 0.25) is 0 Å². The monoisotopic (exact) mass is 217 g/mol. The van der Waals surface area contributed by atoms with Gasteiger partial charge in [-0.15, -0.1) is 6.42 Å². The van der Waals surface area contributed by atoms with Crippen molar-refractivity contribution >= 4 is 5.82 Å². The summed E-state index contributed by atoms with van der Waals surface area (Å²) in [5.41, 5.74) is 1.04. The molecule has 1 heterocycles. The maximum absolute atomic E-state index is 5.46. The van der Waals surface area contributed by atoms with Crippen LogP contribution in [-0.2, 0) is 6.42 Å². The zero-order chi connectivity index (χ0) is 12.0. The topological polar surface area (TPSA) is 37.8 Å². The minimum Gasteiger partial charge on any atom is -0.356 e. The third kappa shape index (κ3) is 3.54. The molecule has 0 aromatic carbocycles. The highest BCUT2D eigenvalue weighted by atomic mass is 15.0. The number of rotatable bonds is 5. The molecule has 1 rings (SSSR count). The smallest absolute Gasteiger partial charge is 0.130 e. The second-order valence-corrected chi connectivity index (χ2v) is 3.80. The van der Waals surface area contributed by atoms with Gasteiger partial charge in [-0.05, 0) is 19.8 Å². The Kier molecular flexibility index (Phi) is 4.78. The van der Waals surface area contributed by atoms with E-state index in [2.05, 4.69) is 35.1 Å². The lowest BCUT2D eigenvalue weighted by Crippen LogP contribution is -2.18. The fraction of sp³-hybridized carbons (Fsp3) is 0.538. The van der Waals surface area contributed by atoms with E-state index < -0.39 is 0 Å². The number of terminal acetylenes is 1. The summed E-state index contributed by atoms with van der Waals surface area (Å²) in [5, 5.41) is 3.26. The summed E-state index contributed by atoms with van der Waals surface area (Å²) < 4.78 is 0. The molecule has 1 N–H and O–H groups in total. The molecule has 0 radical (unpaired) electrons. The van der Waals surface area contributed by atoms with E-state index in [9.17, 15) is 0 Å². The largest absolute Gasteiger partial charge is 0.356 e. The van der Waals surface area contributed by atoms with Crippen LogP contribution in [0.1, 0.15) is 38.2 Å². The molecule has 86 valence electrons. The minimum absolute atomic E-state index is 0.0593. The van der Waals surface area contributed by atoms with Gasteiger partial charge < -0.3 is 5.32 Å². The highest BCUT2D eigenvalue weighted by Crippen LogP contribution is 2.10. The van der Waals surface area contributed by atoms with Crippen LogP contribution in [0.15, 0.2) is 6.07 Å². The normalized spacial score (nSPS) is 11.9. The van der Waals surface area contributed by atoms with Gasteiger partial charge in [0, 0.05) is 11.8 Å². The van der Waals surface area contributed by atoms with E-state index in [0.717, 1.165) is 36.6 Å². The molecular weight excluding hydrogens is 198 g/mol. The summed E-state index contributed by atoms with van der Waals surface area (Å²) in [6.45, 7) is 6.10. The molecule has 3 heteroatoms. The van der Waals surface area contributed by atoms with Gasteiger partial charge >= 0.3 is 0 Å². The van der Waals surface area contributed by atoms with Crippen LogP contribution in [0.25, 0.3) is 0 Å². The van der Waals surface area contributed by atoms with Crippen molar-refractivity contribution < 1.29 is 0 Å². The molecule has 0 spiro atoms. The summed E-state index contributed by atoms with van der Waals surface area (Å²) >= 11 is 0. The number of hydrogen-bond acceptors (Lipinski definition) is 3. The van der Waals surface area contributed by atoms with Crippen molar-refractivity contribution in [3.8, 4) is 12.3 Å². The van der Waals surface area contributed by atoms with Gasteiger partial charge in [0.15, 0.2) is 0 Å². The van der Waals surface area contributed by atoms with Crippen molar-refractivity contribution in [2.75, 3.05) is 5.32 Å². The van der Waals surface area contributed by atoms with Gasteiger partial charge in [0.25, 0.3) is 0 Å². The van der Waals surface area contributed by atoms with Crippen molar-refractivity contribution in [1.82, 2.24) is 9.97 Å². The maximum Gasteiger partial charge on any atom is 0.130 e. The molecule has 1 unspecified atom stereocenters. The van der Waals surface area contributed by atoms with Crippen molar-refractivity contribution in [3.05, 3.63) is 17.6 Å². The Bertz CT molecular complexity index is 379. The molecule has 0 aliphatic carbocycles. The molecule has 1 aromatic heterocycles. The summed E-state index contributed by atoms with van der Waals surface area (Å²) in [7, 11) is 0. The number of anilines is 1. The first-order valence-electron chi connectivity index (χ1n) is 5.76. The number of aryl methyl sites for hydroxylation is 2. The first-order valence-corrected chi connectivity index (χ1v) is 5.76. The van der Waals surface area contributed by atoms with Crippen LogP contribution in [0.4, 0.5) is 5.82 Å². The van der Waals surface area contributed by atoms with Crippen LogP contribution in [-0.4, -0.2) is 16.0 Å². The molecule has 16 heavy (non-hydrogen) atoms. The molecule has 0 amide bonds. The van der Waals surface area contributed by atoms with Gasteiger partial charge in [-0.1, -0.05) is 26.2 Å². The molecule has 1 aromatic rings. The third-order valence-electron chi connectivity index (χ3n) is 2.35. The van der Waals surface area contributed by atoms with Crippen LogP contribution in [0.5, 0.6) is 0 Å². The number of hydrogen-bond donors (Lipinski definition) is 1. The van der Waals surface area contributed by atoms with E-state index in [1.807, 2.05) is 13.0 Å². The van der Waals surface area contributed by atoms with Gasteiger partial charge in [-0.25, -0.2) is 9.97 Å². The van der Waals surface area contributed by atoms with Gasteiger partial charge in [0.1, 0.15) is 11.6 Å². The van der Waals surface area contributed by atoms with E-state index in [-0.39, 0.29) is 6.04 Å². The molecule has 0 aliphatic rings. The molecule has 1 atom stereocenters. The average molecular weight is 217 g/mol. The van der Waals surface area contributed by atoms with Crippen molar-refractivity contribution in [1.29, 1.82) is 0 Å². The fourth-order valence-electron chi connectivity index (χ4n) is 1.55. The van der Waals surface area contributed by atoms with Crippen LogP contribution < -0.4 is 5.32 Å². The standard InChI is InChI=1S/C13H19N3/c1-5-8-11(6-2)16-13-9-12(7-3)14-10(4)15-13/h2,9,11H,5,7-8H2,1,3-4H3,(H,14,15,16). The van der Waals surface area contributed by atoms with E-state index in [4.69, 9.17) is 6.42 Å². The van der Waals surface area contributed by atoms with Crippen molar-refractivity contribution in [3.63, 3.8) is 0 Å². The Labute approximate surface area is 97.7 Å². The van der Waals surface area contributed by atoms with Gasteiger partial charge in [0.05, 0.1) is 6.04 Å². The molecule has 0 saturated heterocycles. The molecule has 0 bridgehead atoms. The highest BCUT2D eigenvalue weighted by molar-refractivity contribution is 5.39. The predicted molar refractivity (Wildman–Crippen MR) is 67.3 cm³/mol. The zero-order valence-electron chi connectivity index (χ0n) is 10.2. The average Bonchev–Trinajstić information content (AvgIpc) is 2.27. The Balaban J connectivity index is 2.80. The predicted octanol–water partition coefficient (Wildman–Crippen LogP) is 2.56. The summed E-state index contributed by atoms with van der Waals surface area (Å²) in [5.74, 6) is 4.36. The second kappa shape index (κ2) is 6.12. The molecule has 0 saturated carbocycles. The minimum atomic E-state index is 0.0593. The summed E-state index contributed by atoms with van der Waals surface area (Å²) in [4.78, 5) is 8.66. The van der Waals surface area contributed by atoms with E-state index in [1.54, 1.807) is 0 Å². The van der Waals surface area contributed by atoms with Crippen LogP contribution in [0, 0.1) is 19.3 Å². The lowest BCUT2D eigenvalue weighted by Gasteiger charge is -2.13. The molecule has 0 aliphatic heterocycles. The Hall–Kier alpha value is -1.56. The molecule has 3 nitrogen and oxygen atoms in total. The Morgan fingerprint density at radius 1 is 1.44 bits per heavy atom. The number of nitrogens with zero attached hydrogens (tertiary/aromatic N) is 2. The third-order valence-corrected chi connectivity index (χ3v) is 2.35. The van der Waals surface area contributed by atoms with E-state index >= 15 is 0 Å². The SMILES string of the molecule is C#CC(CCC)Nc1cc(CC)nc(C)n1. The molecular formula is C13H19N3. The highest BCUT2D eigenvalue weighted by Gasteiger charge is 2.06. The number of aromatic nitrogens is 2. The first-order chi connectivity index (χ1) is 7.69. The van der Waals surface area contributed by atoms with E-state index in [0.29, 0.717) is 0 Å². The van der Waals surface area contributed by atoms with Gasteiger partial charge in [-0.2, -0.15) is 0 Å². The maximum atomic E-state index is 5.46. The van der Waals surface area contributed by atoms with Crippen molar-refractivity contribution in [2.45, 2.75) is 46.1 Å². The van der Waals surface area contributed by atoms with Crippen molar-refractivity contribution in [2.24, 2.45) is 0 Å². The second-order valence-electron chi connectivity index (χ2n) is 3.80. The van der Waals surface area contributed by atoms with Gasteiger partial charge in [-0.3, -0.25) is 0 Å². The lowest BCUT2D eigenvalue weighted by atomic mass is 10.2. The van der Waals surface area contributed by atoms with Crippen LogP contribution in [0.3, 0.4) is 0 Å². The lowest BCUT2D eigenvalue weighted by molar-refractivity contribution is 0.750.